The van der Waals surface area contributed by atoms with Gasteiger partial charge in [0.1, 0.15) is 13.2 Å². The minimum Gasteiger partial charge on any atom is -0.462 e. The standard InChI is InChI=1S/C16H27NO6/c1-17(2)10-6-5-9-16(20)23-13-11-21-14(18)7-3-4-8-15(19)22-12-13/h13H,3-12H2,1-2H3. The fourth-order valence-electron chi connectivity index (χ4n) is 2.11. The third-order valence-corrected chi connectivity index (χ3v) is 3.41. The SMILES string of the molecule is CN(C)CCCCC(=O)OC1COC(=O)CCCCC(=O)OC1. The maximum absolute atomic E-state index is 11.8. The number of nitrogens with zero attached hydrogens (tertiary/aromatic N) is 1. The number of hydrogen-bond donors (Lipinski definition) is 0. The lowest BCUT2D eigenvalue weighted by Crippen LogP contribution is -2.30. The van der Waals surface area contributed by atoms with Gasteiger partial charge < -0.3 is 19.1 Å². The summed E-state index contributed by atoms with van der Waals surface area (Å²) >= 11 is 0. The molecule has 1 aliphatic rings. The molecule has 1 rings (SSSR count). The van der Waals surface area contributed by atoms with E-state index in [9.17, 15) is 14.4 Å². The summed E-state index contributed by atoms with van der Waals surface area (Å²) < 4.78 is 15.4. The molecule has 0 bridgehead atoms. The van der Waals surface area contributed by atoms with Crippen LogP contribution in [0.1, 0.15) is 44.9 Å². The van der Waals surface area contributed by atoms with Gasteiger partial charge in [-0.25, -0.2) is 0 Å². The Morgan fingerprint density at radius 2 is 1.65 bits per heavy atom. The number of unbranched alkanes of at least 4 members (excludes halogenated alkanes) is 1. The lowest BCUT2D eigenvalue weighted by atomic mass is 10.2. The van der Waals surface area contributed by atoms with E-state index in [0.717, 1.165) is 19.4 Å². The normalized spacial score (nSPS) is 18.0. The van der Waals surface area contributed by atoms with E-state index in [1.165, 1.54) is 0 Å². The van der Waals surface area contributed by atoms with Crippen LogP contribution in [0.15, 0.2) is 0 Å². The summed E-state index contributed by atoms with van der Waals surface area (Å²) in [4.78, 5) is 36.9. The van der Waals surface area contributed by atoms with E-state index in [-0.39, 0.29) is 44.0 Å². The zero-order valence-electron chi connectivity index (χ0n) is 14.0. The van der Waals surface area contributed by atoms with Crippen LogP contribution in [-0.4, -0.2) is 62.8 Å². The summed E-state index contributed by atoms with van der Waals surface area (Å²) in [6, 6.07) is 0. The van der Waals surface area contributed by atoms with Gasteiger partial charge in [0, 0.05) is 19.3 Å². The number of ether oxygens (including phenoxy) is 3. The molecule has 0 N–H and O–H groups in total. The number of rotatable bonds is 6. The molecule has 0 amide bonds. The molecule has 0 spiro atoms. The molecule has 1 saturated heterocycles. The van der Waals surface area contributed by atoms with Gasteiger partial charge in [-0.1, -0.05) is 0 Å². The molecule has 0 aromatic rings. The number of carbonyl (C=O) groups is 3. The second-order valence-electron chi connectivity index (χ2n) is 5.95. The highest BCUT2D eigenvalue weighted by atomic mass is 16.6. The van der Waals surface area contributed by atoms with Gasteiger partial charge in [0.25, 0.3) is 0 Å². The smallest absolute Gasteiger partial charge is 0.306 e. The number of carbonyl (C=O) groups excluding carboxylic acids is 3. The Morgan fingerprint density at radius 1 is 1.09 bits per heavy atom. The van der Waals surface area contributed by atoms with E-state index in [4.69, 9.17) is 14.2 Å². The summed E-state index contributed by atoms with van der Waals surface area (Å²) in [7, 11) is 3.95. The summed E-state index contributed by atoms with van der Waals surface area (Å²) in [5.41, 5.74) is 0. The molecule has 0 aliphatic carbocycles. The topological polar surface area (TPSA) is 82.1 Å². The van der Waals surface area contributed by atoms with Gasteiger partial charge in [0.05, 0.1) is 0 Å². The highest BCUT2D eigenvalue weighted by molar-refractivity contribution is 5.71. The van der Waals surface area contributed by atoms with Gasteiger partial charge in [0.15, 0.2) is 6.10 Å². The fraction of sp³-hybridized carbons (Fsp3) is 0.812. The van der Waals surface area contributed by atoms with Crippen molar-refractivity contribution >= 4 is 17.9 Å². The number of cyclic esters (lactones) is 2. The third kappa shape index (κ3) is 9.89. The van der Waals surface area contributed by atoms with Crippen molar-refractivity contribution in [2.45, 2.75) is 51.0 Å². The van der Waals surface area contributed by atoms with Crippen LogP contribution >= 0.6 is 0 Å². The molecule has 7 heteroatoms. The Balaban J connectivity index is 2.38. The van der Waals surface area contributed by atoms with Crippen molar-refractivity contribution in [3.8, 4) is 0 Å². The van der Waals surface area contributed by atoms with E-state index >= 15 is 0 Å². The zero-order chi connectivity index (χ0) is 17.1. The Hall–Kier alpha value is -1.63. The van der Waals surface area contributed by atoms with Crippen molar-refractivity contribution in [1.82, 2.24) is 4.90 Å². The number of esters is 3. The zero-order valence-corrected chi connectivity index (χ0v) is 14.0. The first-order valence-corrected chi connectivity index (χ1v) is 8.13. The van der Waals surface area contributed by atoms with Gasteiger partial charge in [0.2, 0.25) is 0 Å². The van der Waals surface area contributed by atoms with Gasteiger partial charge in [-0.15, -0.1) is 0 Å². The largest absolute Gasteiger partial charge is 0.462 e. The highest BCUT2D eigenvalue weighted by Gasteiger charge is 2.20. The average Bonchev–Trinajstić information content (AvgIpc) is 2.53. The van der Waals surface area contributed by atoms with Gasteiger partial charge in [-0.05, 0) is 46.3 Å². The maximum atomic E-state index is 11.8. The first kappa shape index (κ1) is 19.4. The average molecular weight is 329 g/mol. The van der Waals surface area contributed by atoms with E-state index in [2.05, 4.69) is 4.90 Å². The van der Waals surface area contributed by atoms with E-state index in [0.29, 0.717) is 19.3 Å². The van der Waals surface area contributed by atoms with Crippen LogP contribution in [0.2, 0.25) is 0 Å². The lowest BCUT2D eigenvalue weighted by molar-refractivity contribution is -0.166. The second-order valence-corrected chi connectivity index (χ2v) is 5.95. The minimum absolute atomic E-state index is 0.0739. The highest BCUT2D eigenvalue weighted by Crippen LogP contribution is 2.08. The van der Waals surface area contributed by atoms with Crippen LogP contribution in [0.3, 0.4) is 0 Å². The molecule has 0 aromatic heterocycles. The molecule has 0 aromatic carbocycles. The molecule has 1 heterocycles. The maximum Gasteiger partial charge on any atom is 0.306 e. The van der Waals surface area contributed by atoms with Gasteiger partial charge in [-0.2, -0.15) is 0 Å². The Kier molecular flexibility index (Phi) is 9.28. The predicted octanol–water partition coefficient (Wildman–Crippen LogP) is 1.29. The molecular weight excluding hydrogens is 302 g/mol. The fourth-order valence-corrected chi connectivity index (χ4v) is 2.11. The quantitative estimate of drug-likeness (QED) is 0.412. The van der Waals surface area contributed by atoms with Crippen LogP contribution in [0.25, 0.3) is 0 Å². The van der Waals surface area contributed by atoms with E-state index in [1.807, 2.05) is 14.1 Å². The minimum atomic E-state index is -0.734. The van der Waals surface area contributed by atoms with E-state index < -0.39 is 6.10 Å². The van der Waals surface area contributed by atoms with Crippen molar-refractivity contribution in [3.63, 3.8) is 0 Å². The molecule has 0 radical (unpaired) electrons. The van der Waals surface area contributed by atoms with Crippen molar-refractivity contribution in [3.05, 3.63) is 0 Å². The van der Waals surface area contributed by atoms with Crippen molar-refractivity contribution in [2.75, 3.05) is 33.9 Å². The Labute approximate surface area is 137 Å². The summed E-state index contributed by atoms with van der Waals surface area (Å²) in [5.74, 6) is -1.05. The molecule has 132 valence electrons. The predicted molar refractivity (Wildman–Crippen MR) is 82.7 cm³/mol. The summed E-state index contributed by atoms with van der Waals surface area (Å²) in [6.07, 6.45) is 2.89. The number of hydrogen-bond acceptors (Lipinski definition) is 7. The molecular formula is C16H27NO6. The molecule has 7 nitrogen and oxygen atoms in total. The Morgan fingerprint density at radius 3 is 2.17 bits per heavy atom. The van der Waals surface area contributed by atoms with Crippen LogP contribution in [0.5, 0.6) is 0 Å². The molecule has 23 heavy (non-hydrogen) atoms. The molecule has 1 aliphatic heterocycles. The van der Waals surface area contributed by atoms with Crippen molar-refractivity contribution in [2.24, 2.45) is 0 Å². The van der Waals surface area contributed by atoms with Crippen LogP contribution in [0, 0.1) is 0 Å². The van der Waals surface area contributed by atoms with E-state index in [1.54, 1.807) is 0 Å². The lowest BCUT2D eigenvalue weighted by Gasteiger charge is -2.17. The Bertz CT molecular complexity index is 374. The van der Waals surface area contributed by atoms with Gasteiger partial charge >= 0.3 is 17.9 Å². The van der Waals surface area contributed by atoms with Crippen molar-refractivity contribution in [1.29, 1.82) is 0 Å². The van der Waals surface area contributed by atoms with Crippen LogP contribution in [-0.2, 0) is 28.6 Å². The van der Waals surface area contributed by atoms with Crippen LogP contribution < -0.4 is 0 Å². The van der Waals surface area contributed by atoms with Crippen LogP contribution in [0.4, 0.5) is 0 Å². The van der Waals surface area contributed by atoms with Crippen molar-refractivity contribution < 1.29 is 28.6 Å². The molecule has 0 saturated carbocycles. The first-order valence-electron chi connectivity index (χ1n) is 8.13. The monoisotopic (exact) mass is 329 g/mol. The molecule has 0 unspecified atom stereocenters. The second kappa shape index (κ2) is 11.0. The summed E-state index contributed by atoms with van der Waals surface area (Å²) in [5, 5.41) is 0. The van der Waals surface area contributed by atoms with Gasteiger partial charge in [-0.3, -0.25) is 14.4 Å². The summed E-state index contributed by atoms with van der Waals surface area (Å²) in [6.45, 7) is 0.761. The third-order valence-electron chi connectivity index (χ3n) is 3.41. The first-order chi connectivity index (χ1) is 11.0. The molecule has 1 fully saturated rings. The molecule has 0 atom stereocenters.